The van der Waals surface area contributed by atoms with Crippen molar-refractivity contribution >= 4 is 11.6 Å². The lowest BCUT2D eigenvalue weighted by molar-refractivity contribution is -0.786. The summed E-state index contributed by atoms with van der Waals surface area (Å²) in [5, 5.41) is 2.46. The van der Waals surface area contributed by atoms with E-state index in [0.717, 1.165) is 45.3 Å². The molecule has 4 nitrogen and oxygen atoms in total. The minimum Gasteiger partial charge on any atom is -1.00 e. The van der Waals surface area contributed by atoms with E-state index in [-0.39, 0.29) is 36.1 Å². The number of piperidine rings is 1. The number of nitrogens with zero attached hydrogens (tertiary/aromatic N) is 1. The van der Waals surface area contributed by atoms with Crippen molar-refractivity contribution in [2.45, 2.75) is 81.6 Å². The number of carbonyl (C=O) groups is 1. The fraction of sp³-hybridized carbons (Fsp3) is 0.606. The molecule has 2 aliphatic carbocycles. The number of rotatable bonds is 4. The first-order valence-electron chi connectivity index (χ1n) is 15.2. The second kappa shape index (κ2) is 12.9. The highest BCUT2D eigenvalue weighted by Crippen LogP contribution is 2.47. The first kappa shape index (κ1) is 30.4. The van der Waals surface area contributed by atoms with Crippen LogP contribution in [0.1, 0.15) is 80.4 Å². The third-order valence-corrected chi connectivity index (χ3v) is 10.6. The van der Waals surface area contributed by atoms with Gasteiger partial charge >= 0.3 is 0 Å². The molecule has 4 atom stereocenters. The zero-order chi connectivity index (χ0) is 25.4. The Hall–Kier alpha value is -1.59. The van der Waals surface area contributed by atoms with Crippen LogP contribution in [0.5, 0.6) is 0 Å². The third-order valence-electron chi connectivity index (χ3n) is 10.6. The van der Waals surface area contributed by atoms with Gasteiger partial charge in [0.15, 0.2) is 0 Å². The van der Waals surface area contributed by atoms with Gasteiger partial charge in [-0.15, -0.1) is 0 Å². The molecule has 2 aromatic carbocycles. The molecule has 0 aromatic heterocycles. The molecule has 1 spiro atoms. The number of likely N-dealkylation sites (tertiary alicyclic amines) is 1. The topological polar surface area (TPSA) is 41.4 Å². The lowest BCUT2D eigenvalue weighted by Crippen LogP contribution is -3.00. The summed E-state index contributed by atoms with van der Waals surface area (Å²) < 4.78 is 0. The fourth-order valence-electron chi connectivity index (χ4n) is 8.76. The van der Waals surface area contributed by atoms with Crippen LogP contribution >= 0.6 is 0 Å². The molecular weight excluding hydrogens is 525 g/mol. The first-order chi connectivity index (χ1) is 18.1. The number of hydrogen-bond donors (Lipinski definition) is 2. The molecule has 6 rings (SSSR count). The minimum absolute atomic E-state index is 0. The summed E-state index contributed by atoms with van der Waals surface area (Å²) in [5.41, 5.74) is 5.94. The summed E-state index contributed by atoms with van der Waals surface area (Å²) in [5.74, 6) is 1.85. The molecule has 2 saturated heterocycles. The van der Waals surface area contributed by atoms with E-state index in [9.17, 15) is 4.79 Å². The lowest BCUT2D eigenvalue weighted by Gasteiger charge is -2.47. The van der Waals surface area contributed by atoms with Crippen LogP contribution in [0, 0.1) is 11.8 Å². The Bertz CT molecular complexity index is 1100. The second-order valence-electron chi connectivity index (χ2n) is 12.8. The summed E-state index contributed by atoms with van der Waals surface area (Å²) in [4.78, 5) is 18.5. The monoisotopic (exact) mass is 571 g/mol. The highest BCUT2D eigenvalue weighted by Gasteiger charge is 2.55. The molecule has 39 heavy (non-hydrogen) atoms. The van der Waals surface area contributed by atoms with E-state index >= 15 is 0 Å². The van der Waals surface area contributed by atoms with Crippen LogP contribution in [-0.2, 0) is 16.6 Å². The molecule has 0 unspecified atom stereocenters. The maximum absolute atomic E-state index is 14.7. The predicted octanol–water partition coefficient (Wildman–Crippen LogP) is -2.41. The largest absolute Gasteiger partial charge is 1.00 e. The Morgan fingerprint density at radius 1 is 0.949 bits per heavy atom. The molecule has 1 amide bonds. The quantitative estimate of drug-likeness (QED) is 0.422. The van der Waals surface area contributed by atoms with Gasteiger partial charge in [-0.3, -0.25) is 4.79 Å². The maximum Gasteiger partial charge on any atom is 0.232 e. The Kier molecular flexibility index (Phi) is 10.1. The van der Waals surface area contributed by atoms with Crippen LogP contribution in [-0.4, -0.2) is 50.6 Å². The van der Waals surface area contributed by atoms with E-state index < -0.39 is 0 Å². The van der Waals surface area contributed by atoms with E-state index in [1.807, 2.05) is 0 Å². The molecular formula is C33H47Cl2N3O. The Morgan fingerprint density at radius 2 is 1.72 bits per heavy atom. The summed E-state index contributed by atoms with van der Waals surface area (Å²) in [6.45, 7) is 2.95. The van der Waals surface area contributed by atoms with Crippen LogP contribution in [0.25, 0.3) is 0 Å². The van der Waals surface area contributed by atoms with Crippen molar-refractivity contribution in [1.82, 2.24) is 4.90 Å². The second-order valence-corrected chi connectivity index (χ2v) is 12.8. The normalized spacial score (nSPS) is 29.0. The summed E-state index contributed by atoms with van der Waals surface area (Å²) >= 11 is 0. The van der Waals surface area contributed by atoms with Gasteiger partial charge in [0.1, 0.15) is 11.6 Å². The average molecular weight is 573 g/mol. The molecule has 4 aliphatic rings. The highest BCUT2D eigenvalue weighted by atomic mass is 35.5. The fourth-order valence-corrected chi connectivity index (χ4v) is 8.76. The van der Waals surface area contributed by atoms with E-state index in [2.05, 4.69) is 72.8 Å². The van der Waals surface area contributed by atoms with Gasteiger partial charge in [0.05, 0.1) is 32.6 Å². The molecule has 3 fully saturated rings. The summed E-state index contributed by atoms with van der Waals surface area (Å²) in [7, 11) is 4.48. The molecule has 3 N–H and O–H groups in total. The van der Waals surface area contributed by atoms with Crippen molar-refractivity contribution in [2.75, 3.05) is 33.7 Å². The molecule has 214 valence electrons. The number of carbonyl (C=O) groups excluding carboxylic acids is 1. The summed E-state index contributed by atoms with van der Waals surface area (Å²) in [6, 6.07) is 18.5. The molecule has 2 heterocycles. The zero-order valence-electron chi connectivity index (χ0n) is 23.8. The van der Waals surface area contributed by atoms with Crippen molar-refractivity contribution in [3.63, 3.8) is 0 Å². The van der Waals surface area contributed by atoms with Crippen LogP contribution in [0.4, 0.5) is 5.69 Å². The number of benzene rings is 2. The van der Waals surface area contributed by atoms with E-state index in [4.69, 9.17) is 0 Å². The Labute approximate surface area is 248 Å². The van der Waals surface area contributed by atoms with E-state index in [1.54, 1.807) is 0 Å². The number of halogens is 2. The zero-order valence-corrected chi connectivity index (χ0v) is 25.3. The maximum atomic E-state index is 14.7. The standard InChI is InChI=1S/C33H45N3O.2ClH/c1-35(2)30-17-9-16-28-27(30)15-10-19-33(28)23-34-22-29(33)32(37)36-20-18-26(24-11-5-3-6-12-24)21-31(36)25-13-7-4-8-14-25;;/h3,5-6,9,11-12,16-17,25-26,29,31,34H,4,7-8,10,13-15,18-23H2,1-2H3;2*1H/t26-,29+,31+,33+;;/m1../s1. The molecule has 2 aliphatic heterocycles. The number of amides is 1. The number of nitrogens with one attached hydrogen (secondary N) is 1. The Morgan fingerprint density at radius 3 is 2.46 bits per heavy atom. The number of nitrogens with two attached hydrogens (primary N) is 1. The van der Waals surface area contributed by atoms with Gasteiger partial charge in [-0.05, 0) is 74.0 Å². The van der Waals surface area contributed by atoms with Gasteiger partial charge in [-0.2, -0.15) is 0 Å². The van der Waals surface area contributed by atoms with E-state index in [1.165, 1.54) is 65.8 Å². The number of quaternary nitrogens is 2. The Balaban J connectivity index is 0.00000176. The third kappa shape index (κ3) is 5.64. The number of fused-ring (bicyclic) bond motifs is 2. The number of hydrogen-bond acceptors (Lipinski definition) is 1. The van der Waals surface area contributed by atoms with Crippen molar-refractivity contribution < 1.29 is 39.8 Å². The molecule has 0 bridgehead atoms. The molecule has 1 saturated carbocycles. The van der Waals surface area contributed by atoms with Gasteiger partial charge < -0.3 is 39.9 Å². The van der Waals surface area contributed by atoms with Crippen molar-refractivity contribution in [3.8, 4) is 0 Å². The highest BCUT2D eigenvalue weighted by molar-refractivity contribution is 5.82. The smallest absolute Gasteiger partial charge is 0.232 e. The lowest BCUT2D eigenvalue weighted by atomic mass is 9.63. The molecule has 0 radical (unpaired) electrons. The first-order valence-corrected chi connectivity index (χ1v) is 15.2. The van der Waals surface area contributed by atoms with E-state index in [0.29, 0.717) is 23.8 Å². The van der Waals surface area contributed by atoms with Gasteiger partial charge in [0.2, 0.25) is 5.91 Å². The van der Waals surface area contributed by atoms with Gasteiger partial charge in [0.25, 0.3) is 0 Å². The minimum atomic E-state index is 0. The van der Waals surface area contributed by atoms with Gasteiger partial charge in [-0.25, -0.2) is 0 Å². The predicted molar refractivity (Wildman–Crippen MR) is 149 cm³/mol. The van der Waals surface area contributed by atoms with Gasteiger partial charge in [-0.1, -0.05) is 61.7 Å². The van der Waals surface area contributed by atoms with Crippen LogP contribution < -0.4 is 35.0 Å². The van der Waals surface area contributed by atoms with Crippen LogP contribution in [0.2, 0.25) is 0 Å². The van der Waals surface area contributed by atoms with Crippen molar-refractivity contribution in [3.05, 3.63) is 65.2 Å². The van der Waals surface area contributed by atoms with Crippen LogP contribution in [0.3, 0.4) is 0 Å². The van der Waals surface area contributed by atoms with Crippen molar-refractivity contribution in [1.29, 1.82) is 0 Å². The van der Waals surface area contributed by atoms with Gasteiger partial charge in [0, 0.05) is 18.2 Å². The molecule has 2 aromatic rings. The van der Waals surface area contributed by atoms with Crippen molar-refractivity contribution in [2.24, 2.45) is 11.8 Å². The molecule has 6 heteroatoms. The SMILES string of the molecule is C[NH+](C)c1cccc2c1CCC[C@]21C[NH2+]C[C@H]1C(=O)N1CC[C@@H](c2ccccc2)C[C@H]1C1CCCCC1.[Cl-].[Cl-]. The average Bonchev–Trinajstić information content (AvgIpc) is 3.37. The summed E-state index contributed by atoms with van der Waals surface area (Å²) in [6.07, 6.45) is 12.4. The van der Waals surface area contributed by atoms with Crippen LogP contribution in [0.15, 0.2) is 48.5 Å².